The smallest absolute Gasteiger partial charge is 0.347 e. The number of fused-ring (bicyclic) bond motifs is 1. The molecule has 0 aliphatic carbocycles. The Morgan fingerprint density at radius 2 is 1.90 bits per heavy atom. The van der Waals surface area contributed by atoms with E-state index in [-0.39, 0.29) is 24.9 Å². The Labute approximate surface area is 169 Å². The number of benzene rings is 1. The zero-order chi connectivity index (χ0) is 21.0. The first kappa shape index (κ1) is 20.9. The minimum absolute atomic E-state index is 0.0533. The summed E-state index contributed by atoms with van der Waals surface area (Å²) in [5, 5.41) is 3.93. The van der Waals surface area contributed by atoms with E-state index < -0.39 is 18.7 Å². The standard InChI is InChI=1S/C20H26N2O7/c1-12-8-22(9-13(2)28-12)20(24)15(4)29-19(23)10-27-21-14(3)16-5-6-17-18(7-16)26-11-25-17/h5-7,12-13,15H,8-11H2,1-4H3/b21-14-. The first-order chi connectivity index (χ1) is 13.8. The lowest BCUT2D eigenvalue weighted by Gasteiger charge is -2.36. The van der Waals surface area contributed by atoms with E-state index in [2.05, 4.69) is 5.16 Å². The van der Waals surface area contributed by atoms with Crippen molar-refractivity contribution in [1.29, 1.82) is 0 Å². The Morgan fingerprint density at radius 3 is 2.62 bits per heavy atom. The van der Waals surface area contributed by atoms with Crippen LogP contribution in [0.15, 0.2) is 23.4 Å². The minimum atomic E-state index is -0.900. The van der Waals surface area contributed by atoms with Crippen molar-refractivity contribution in [3.63, 3.8) is 0 Å². The second-order valence-electron chi connectivity index (χ2n) is 7.15. The third kappa shape index (κ3) is 5.38. The number of nitrogens with zero attached hydrogens (tertiary/aromatic N) is 2. The van der Waals surface area contributed by atoms with E-state index in [0.717, 1.165) is 5.56 Å². The largest absolute Gasteiger partial charge is 0.454 e. The maximum absolute atomic E-state index is 12.5. The molecule has 0 aromatic heterocycles. The molecule has 0 radical (unpaired) electrons. The quantitative estimate of drug-likeness (QED) is 0.403. The number of hydrogen-bond acceptors (Lipinski definition) is 8. The van der Waals surface area contributed by atoms with Gasteiger partial charge in [0.25, 0.3) is 5.91 Å². The van der Waals surface area contributed by atoms with Crippen LogP contribution in [0, 0.1) is 0 Å². The molecule has 1 aromatic rings. The number of esters is 1. The summed E-state index contributed by atoms with van der Waals surface area (Å²) in [6.45, 7) is 7.84. The van der Waals surface area contributed by atoms with Crippen LogP contribution in [-0.4, -0.2) is 67.3 Å². The summed E-state index contributed by atoms with van der Waals surface area (Å²) >= 11 is 0. The summed E-state index contributed by atoms with van der Waals surface area (Å²) in [5.74, 6) is 0.395. The van der Waals surface area contributed by atoms with Gasteiger partial charge in [-0.15, -0.1) is 0 Å². The molecule has 0 spiro atoms. The van der Waals surface area contributed by atoms with Gasteiger partial charge in [0, 0.05) is 18.7 Å². The summed E-state index contributed by atoms with van der Waals surface area (Å²) in [5.41, 5.74) is 1.35. The lowest BCUT2D eigenvalue weighted by Crippen LogP contribution is -2.51. The van der Waals surface area contributed by atoms with Gasteiger partial charge in [-0.25, -0.2) is 4.79 Å². The average molecular weight is 406 g/mol. The van der Waals surface area contributed by atoms with Gasteiger partial charge < -0.3 is 28.7 Å². The highest BCUT2D eigenvalue weighted by Crippen LogP contribution is 2.32. The lowest BCUT2D eigenvalue weighted by molar-refractivity contribution is -0.167. The molecule has 2 heterocycles. The van der Waals surface area contributed by atoms with Crippen molar-refractivity contribution >= 4 is 17.6 Å². The van der Waals surface area contributed by atoms with Gasteiger partial charge in [-0.3, -0.25) is 4.79 Å². The third-order valence-electron chi connectivity index (χ3n) is 4.56. The summed E-state index contributed by atoms with van der Waals surface area (Å²) < 4.78 is 21.4. The molecule has 0 saturated carbocycles. The molecule has 1 amide bonds. The van der Waals surface area contributed by atoms with Crippen LogP contribution in [0.5, 0.6) is 11.5 Å². The SMILES string of the molecule is C/C(=N/OCC(=O)OC(C)C(=O)N1CC(C)OC(C)C1)c1ccc2c(c1)OCO2. The van der Waals surface area contributed by atoms with Gasteiger partial charge in [0.2, 0.25) is 13.4 Å². The number of carbonyl (C=O) groups is 2. The molecule has 3 rings (SSSR count). The van der Waals surface area contributed by atoms with Crippen LogP contribution in [0.25, 0.3) is 0 Å². The van der Waals surface area contributed by atoms with Gasteiger partial charge >= 0.3 is 5.97 Å². The molecule has 1 aromatic carbocycles. The molecule has 3 unspecified atom stereocenters. The highest BCUT2D eigenvalue weighted by molar-refractivity contribution is 5.99. The van der Waals surface area contributed by atoms with Crippen molar-refractivity contribution < 1.29 is 33.4 Å². The Bertz CT molecular complexity index is 785. The van der Waals surface area contributed by atoms with Crippen LogP contribution in [-0.2, 0) is 23.9 Å². The summed E-state index contributed by atoms with van der Waals surface area (Å²) in [6, 6.07) is 5.39. The molecule has 1 fully saturated rings. The summed E-state index contributed by atoms with van der Waals surface area (Å²) in [7, 11) is 0. The van der Waals surface area contributed by atoms with E-state index in [1.165, 1.54) is 0 Å². The molecule has 29 heavy (non-hydrogen) atoms. The van der Waals surface area contributed by atoms with Crippen molar-refractivity contribution in [1.82, 2.24) is 4.90 Å². The fourth-order valence-corrected chi connectivity index (χ4v) is 3.25. The predicted molar refractivity (Wildman–Crippen MR) is 103 cm³/mol. The van der Waals surface area contributed by atoms with Gasteiger partial charge in [-0.2, -0.15) is 0 Å². The molecule has 2 aliphatic heterocycles. The number of rotatable bonds is 6. The molecule has 3 atom stereocenters. The number of morpholine rings is 1. The van der Waals surface area contributed by atoms with Crippen LogP contribution >= 0.6 is 0 Å². The van der Waals surface area contributed by atoms with E-state index >= 15 is 0 Å². The van der Waals surface area contributed by atoms with Crippen LogP contribution in [0.3, 0.4) is 0 Å². The molecule has 0 N–H and O–H groups in total. The average Bonchev–Trinajstić information content (AvgIpc) is 3.14. The van der Waals surface area contributed by atoms with Crippen LogP contribution < -0.4 is 9.47 Å². The third-order valence-corrected chi connectivity index (χ3v) is 4.56. The van der Waals surface area contributed by atoms with Gasteiger partial charge in [-0.05, 0) is 45.9 Å². The number of amides is 1. The first-order valence-electron chi connectivity index (χ1n) is 9.53. The number of carbonyl (C=O) groups excluding carboxylic acids is 2. The maximum Gasteiger partial charge on any atom is 0.347 e. The Morgan fingerprint density at radius 1 is 1.21 bits per heavy atom. The van der Waals surface area contributed by atoms with Gasteiger partial charge in [0.05, 0.1) is 17.9 Å². The van der Waals surface area contributed by atoms with Crippen LogP contribution in [0.4, 0.5) is 0 Å². The molecule has 2 aliphatic rings. The predicted octanol–water partition coefficient (Wildman–Crippen LogP) is 1.72. The Hall–Kier alpha value is -2.81. The van der Waals surface area contributed by atoms with E-state index in [4.69, 9.17) is 23.8 Å². The molecule has 9 heteroatoms. The van der Waals surface area contributed by atoms with Crippen molar-refractivity contribution in [2.24, 2.45) is 5.16 Å². The number of hydrogen-bond donors (Lipinski definition) is 0. The lowest BCUT2D eigenvalue weighted by atomic mass is 10.1. The van der Waals surface area contributed by atoms with Gasteiger partial charge in [0.1, 0.15) is 0 Å². The topological polar surface area (TPSA) is 95.9 Å². The zero-order valence-electron chi connectivity index (χ0n) is 17.0. The number of ether oxygens (including phenoxy) is 4. The van der Waals surface area contributed by atoms with Gasteiger partial charge in [-0.1, -0.05) is 5.16 Å². The van der Waals surface area contributed by atoms with Crippen molar-refractivity contribution in [2.75, 3.05) is 26.5 Å². The fraction of sp³-hybridized carbons (Fsp3) is 0.550. The second-order valence-corrected chi connectivity index (χ2v) is 7.15. The molecule has 1 saturated heterocycles. The summed E-state index contributed by atoms with van der Waals surface area (Å²) in [6.07, 6.45) is -1.01. The maximum atomic E-state index is 12.5. The van der Waals surface area contributed by atoms with E-state index in [9.17, 15) is 9.59 Å². The molecule has 0 bridgehead atoms. The molecular weight excluding hydrogens is 380 g/mol. The number of oxime groups is 1. The Balaban J connectivity index is 1.46. The normalized spacial score (nSPS) is 22.2. The summed E-state index contributed by atoms with van der Waals surface area (Å²) in [4.78, 5) is 31.2. The van der Waals surface area contributed by atoms with Crippen molar-refractivity contribution in [2.45, 2.75) is 46.0 Å². The highest BCUT2D eigenvalue weighted by Gasteiger charge is 2.30. The van der Waals surface area contributed by atoms with Gasteiger partial charge in [0.15, 0.2) is 17.6 Å². The second kappa shape index (κ2) is 9.13. The molecular formula is C20H26N2O7. The van der Waals surface area contributed by atoms with E-state index in [1.54, 1.807) is 30.9 Å². The van der Waals surface area contributed by atoms with E-state index in [1.807, 2.05) is 19.9 Å². The van der Waals surface area contributed by atoms with Crippen LogP contribution in [0.2, 0.25) is 0 Å². The van der Waals surface area contributed by atoms with Crippen molar-refractivity contribution in [3.8, 4) is 11.5 Å². The monoisotopic (exact) mass is 406 g/mol. The van der Waals surface area contributed by atoms with E-state index in [0.29, 0.717) is 30.3 Å². The minimum Gasteiger partial charge on any atom is -0.454 e. The fourth-order valence-electron chi connectivity index (χ4n) is 3.25. The van der Waals surface area contributed by atoms with Crippen molar-refractivity contribution in [3.05, 3.63) is 23.8 Å². The highest BCUT2D eigenvalue weighted by atomic mass is 16.7. The zero-order valence-corrected chi connectivity index (χ0v) is 17.0. The molecule has 158 valence electrons. The van der Waals surface area contributed by atoms with Crippen LogP contribution in [0.1, 0.15) is 33.3 Å². The first-order valence-corrected chi connectivity index (χ1v) is 9.53. The molecule has 9 nitrogen and oxygen atoms in total. The Kier molecular flexibility index (Phi) is 6.58.